The van der Waals surface area contributed by atoms with Crippen LogP contribution in [-0.4, -0.2) is 49.1 Å². The molecule has 0 saturated heterocycles. The number of aromatic nitrogens is 3. The highest BCUT2D eigenvalue weighted by Crippen LogP contribution is 2.13. The third kappa shape index (κ3) is 5.47. The van der Waals surface area contributed by atoms with Crippen LogP contribution < -0.4 is 16.6 Å². The molecule has 1 atom stereocenters. The molecule has 2 aromatic heterocycles. The number of H-pyrrole nitrogens is 2. The molecule has 0 bridgehead atoms. The van der Waals surface area contributed by atoms with E-state index in [1.54, 1.807) is 30.3 Å². The molecule has 0 aliphatic heterocycles. The fourth-order valence-electron chi connectivity index (χ4n) is 3.10. The van der Waals surface area contributed by atoms with Gasteiger partial charge < -0.3 is 26.2 Å². The SMILES string of the molecule is Nc1nc2cc(CCc3ccc(C(=O)N[C@@H](CCC(=O)O)C(=O)O)cc3)[nH]c2c(=O)[nH]1. The summed E-state index contributed by atoms with van der Waals surface area (Å²) in [6, 6.07) is 7.10. The van der Waals surface area contributed by atoms with Crippen LogP contribution in [0.25, 0.3) is 11.0 Å². The van der Waals surface area contributed by atoms with Crippen LogP contribution in [-0.2, 0) is 22.4 Å². The van der Waals surface area contributed by atoms with Crippen LogP contribution in [0.5, 0.6) is 0 Å². The van der Waals surface area contributed by atoms with Crippen molar-refractivity contribution in [2.75, 3.05) is 5.73 Å². The van der Waals surface area contributed by atoms with E-state index < -0.39 is 23.9 Å². The predicted molar refractivity (Wildman–Crippen MR) is 111 cm³/mol. The number of rotatable bonds is 9. The average Bonchev–Trinajstić information content (AvgIpc) is 3.12. The van der Waals surface area contributed by atoms with E-state index in [2.05, 4.69) is 20.3 Å². The molecule has 0 aliphatic rings. The molecule has 7 N–H and O–H groups in total. The van der Waals surface area contributed by atoms with Gasteiger partial charge in [-0.1, -0.05) is 12.1 Å². The van der Waals surface area contributed by atoms with Crippen LogP contribution in [0, 0.1) is 0 Å². The second-order valence-corrected chi connectivity index (χ2v) is 7.00. The maximum atomic E-state index is 12.3. The monoisotopic (exact) mass is 427 g/mol. The number of nitrogens with one attached hydrogen (secondary N) is 3. The fourth-order valence-corrected chi connectivity index (χ4v) is 3.10. The van der Waals surface area contributed by atoms with E-state index in [0.717, 1.165) is 11.3 Å². The molecule has 3 rings (SSSR count). The molecular weight excluding hydrogens is 406 g/mol. The van der Waals surface area contributed by atoms with Gasteiger partial charge in [-0.3, -0.25) is 19.4 Å². The second kappa shape index (κ2) is 9.11. The number of benzene rings is 1. The minimum Gasteiger partial charge on any atom is -0.481 e. The van der Waals surface area contributed by atoms with Gasteiger partial charge in [-0.25, -0.2) is 9.78 Å². The van der Waals surface area contributed by atoms with Gasteiger partial charge in [0.2, 0.25) is 5.95 Å². The predicted octanol–water partition coefficient (Wildman–Crippen LogP) is 0.666. The minimum absolute atomic E-state index is 0.0463. The summed E-state index contributed by atoms with van der Waals surface area (Å²) in [4.78, 5) is 55.5. The standard InChI is InChI=1S/C20H21N5O6/c21-20-24-14-9-12(22-16(14)18(29)25-20)6-3-10-1-4-11(5-2-10)17(28)23-13(19(30)31)7-8-15(26)27/h1-2,4-5,9,13,22H,3,6-8H2,(H,23,28)(H,26,27)(H,30,31)(H3,21,24,25,29)/t13-/m0/s1. The summed E-state index contributed by atoms with van der Waals surface area (Å²) in [6.07, 6.45) is 0.649. The van der Waals surface area contributed by atoms with E-state index in [4.69, 9.17) is 15.9 Å². The van der Waals surface area contributed by atoms with Crippen molar-refractivity contribution in [1.82, 2.24) is 20.3 Å². The number of hydrogen-bond donors (Lipinski definition) is 6. The van der Waals surface area contributed by atoms with Gasteiger partial charge in [0.1, 0.15) is 11.6 Å². The van der Waals surface area contributed by atoms with E-state index in [1.807, 2.05) is 0 Å². The molecule has 0 fully saturated rings. The molecule has 0 saturated carbocycles. The Morgan fingerprint density at radius 2 is 1.81 bits per heavy atom. The Balaban J connectivity index is 1.61. The van der Waals surface area contributed by atoms with Crippen LogP contribution in [0.3, 0.4) is 0 Å². The maximum absolute atomic E-state index is 12.3. The summed E-state index contributed by atoms with van der Waals surface area (Å²) in [5, 5.41) is 20.2. The van der Waals surface area contributed by atoms with Gasteiger partial charge >= 0.3 is 11.9 Å². The zero-order valence-electron chi connectivity index (χ0n) is 16.3. The van der Waals surface area contributed by atoms with Gasteiger partial charge in [0.05, 0.1) is 5.52 Å². The van der Waals surface area contributed by atoms with Crippen molar-refractivity contribution in [1.29, 1.82) is 0 Å². The van der Waals surface area contributed by atoms with Crippen molar-refractivity contribution in [3.63, 3.8) is 0 Å². The lowest BCUT2D eigenvalue weighted by Crippen LogP contribution is -2.41. The van der Waals surface area contributed by atoms with Crippen molar-refractivity contribution in [3.8, 4) is 0 Å². The first kappa shape index (κ1) is 21.6. The summed E-state index contributed by atoms with van der Waals surface area (Å²) in [5.41, 5.74) is 8.04. The zero-order chi connectivity index (χ0) is 22.5. The highest BCUT2D eigenvalue weighted by molar-refractivity contribution is 5.96. The summed E-state index contributed by atoms with van der Waals surface area (Å²) in [7, 11) is 0. The number of aromatic amines is 2. The third-order valence-electron chi connectivity index (χ3n) is 4.71. The lowest BCUT2D eigenvalue weighted by atomic mass is 10.1. The van der Waals surface area contributed by atoms with E-state index in [1.165, 1.54) is 0 Å². The first-order valence-corrected chi connectivity index (χ1v) is 9.44. The van der Waals surface area contributed by atoms with Gasteiger partial charge in [-0.15, -0.1) is 0 Å². The van der Waals surface area contributed by atoms with Gasteiger partial charge in [0.15, 0.2) is 0 Å². The topological polar surface area (TPSA) is 191 Å². The van der Waals surface area contributed by atoms with E-state index in [-0.39, 0.29) is 29.9 Å². The number of aryl methyl sites for hydroxylation is 2. The number of carboxylic acids is 2. The van der Waals surface area contributed by atoms with Crippen LogP contribution in [0.4, 0.5) is 5.95 Å². The Kier molecular flexibility index (Phi) is 6.34. The highest BCUT2D eigenvalue weighted by Gasteiger charge is 2.21. The van der Waals surface area contributed by atoms with Crippen molar-refractivity contribution in [2.45, 2.75) is 31.7 Å². The van der Waals surface area contributed by atoms with Crippen molar-refractivity contribution >= 4 is 34.8 Å². The molecule has 0 aliphatic carbocycles. The summed E-state index contributed by atoms with van der Waals surface area (Å²) in [5.74, 6) is -2.98. The number of carboxylic acid groups (broad SMARTS) is 2. The first-order valence-electron chi connectivity index (χ1n) is 9.44. The molecule has 11 nitrogen and oxygen atoms in total. The highest BCUT2D eigenvalue weighted by atomic mass is 16.4. The van der Waals surface area contributed by atoms with E-state index in [9.17, 15) is 19.2 Å². The van der Waals surface area contributed by atoms with Crippen molar-refractivity contribution < 1.29 is 24.6 Å². The number of amides is 1. The van der Waals surface area contributed by atoms with Gasteiger partial charge in [0.25, 0.3) is 11.5 Å². The normalized spacial score (nSPS) is 11.9. The number of nitrogen functional groups attached to an aromatic ring is 1. The fraction of sp³-hybridized carbons (Fsp3) is 0.250. The number of aliphatic carboxylic acids is 2. The Labute approximate surface area is 175 Å². The Morgan fingerprint density at radius 1 is 1.10 bits per heavy atom. The van der Waals surface area contributed by atoms with E-state index in [0.29, 0.717) is 23.9 Å². The smallest absolute Gasteiger partial charge is 0.326 e. The quantitative estimate of drug-likeness (QED) is 0.287. The number of carbonyl (C=O) groups excluding carboxylic acids is 1. The zero-order valence-corrected chi connectivity index (χ0v) is 16.3. The molecule has 162 valence electrons. The Bertz CT molecular complexity index is 1180. The van der Waals surface area contributed by atoms with Gasteiger partial charge in [-0.2, -0.15) is 0 Å². The molecule has 0 unspecified atom stereocenters. The molecular formula is C20H21N5O6. The summed E-state index contributed by atoms with van der Waals surface area (Å²) >= 11 is 0. The molecule has 1 aromatic carbocycles. The Morgan fingerprint density at radius 3 is 2.45 bits per heavy atom. The maximum Gasteiger partial charge on any atom is 0.326 e. The van der Waals surface area contributed by atoms with Crippen molar-refractivity contribution in [3.05, 3.63) is 57.5 Å². The Hall–Kier alpha value is -4.15. The number of carbonyl (C=O) groups is 3. The minimum atomic E-state index is -1.29. The van der Waals surface area contributed by atoms with E-state index >= 15 is 0 Å². The van der Waals surface area contributed by atoms with Crippen molar-refractivity contribution in [2.24, 2.45) is 0 Å². The van der Waals surface area contributed by atoms with Crippen LogP contribution in [0.1, 0.15) is 34.5 Å². The van der Waals surface area contributed by atoms with Crippen LogP contribution in [0.2, 0.25) is 0 Å². The van der Waals surface area contributed by atoms with Gasteiger partial charge in [-0.05, 0) is 43.0 Å². The number of hydrogen-bond acceptors (Lipinski definition) is 6. The molecule has 0 radical (unpaired) electrons. The largest absolute Gasteiger partial charge is 0.481 e. The van der Waals surface area contributed by atoms with Crippen LogP contribution in [0.15, 0.2) is 35.1 Å². The number of anilines is 1. The molecule has 31 heavy (non-hydrogen) atoms. The molecule has 0 spiro atoms. The molecule has 11 heteroatoms. The average molecular weight is 427 g/mol. The number of fused-ring (bicyclic) bond motifs is 1. The lowest BCUT2D eigenvalue weighted by molar-refractivity contribution is -0.140. The lowest BCUT2D eigenvalue weighted by Gasteiger charge is -2.13. The summed E-state index contributed by atoms with van der Waals surface area (Å²) in [6.45, 7) is 0. The van der Waals surface area contributed by atoms with Crippen LogP contribution >= 0.6 is 0 Å². The molecule has 2 heterocycles. The number of nitrogens with zero attached hydrogens (tertiary/aromatic N) is 1. The third-order valence-corrected chi connectivity index (χ3v) is 4.71. The molecule has 3 aromatic rings. The number of nitrogens with two attached hydrogens (primary N) is 1. The first-order chi connectivity index (χ1) is 14.7. The second-order valence-electron chi connectivity index (χ2n) is 7.00. The van der Waals surface area contributed by atoms with Gasteiger partial charge in [0, 0.05) is 17.7 Å². The summed E-state index contributed by atoms with van der Waals surface area (Å²) < 4.78 is 0. The molecule has 1 amide bonds.